The summed E-state index contributed by atoms with van der Waals surface area (Å²) in [5.74, 6) is -0.209. The molecule has 2 aromatic rings. The lowest BCUT2D eigenvalue weighted by molar-refractivity contribution is -0.947. The highest BCUT2D eigenvalue weighted by atomic mass is 79.9. The molecule has 9 heteroatoms. The van der Waals surface area contributed by atoms with Gasteiger partial charge in [0.15, 0.2) is 0 Å². The Morgan fingerprint density at radius 3 is 2.63 bits per heavy atom. The zero-order chi connectivity index (χ0) is 21.5. The first-order valence-corrected chi connectivity index (χ1v) is 12.4. The largest absolute Gasteiger partial charge is 0.312 e. The van der Waals surface area contributed by atoms with Gasteiger partial charge in [-0.3, -0.25) is 9.80 Å². The van der Waals surface area contributed by atoms with Crippen molar-refractivity contribution in [3.8, 4) is 0 Å². The third kappa shape index (κ3) is 4.41. The van der Waals surface area contributed by atoms with Gasteiger partial charge in [0, 0.05) is 25.7 Å². The van der Waals surface area contributed by atoms with Crippen molar-refractivity contribution in [2.75, 3.05) is 25.1 Å². The number of likely N-dealkylation sites (tertiary alicyclic amines) is 1. The van der Waals surface area contributed by atoms with Crippen molar-refractivity contribution in [1.29, 1.82) is 0 Å². The van der Waals surface area contributed by atoms with Crippen molar-refractivity contribution in [2.45, 2.75) is 32.2 Å². The Kier molecular flexibility index (Phi) is 6.47. The van der Waals surface area contributed by atoms with Gasteiger partial charge in [-0.05, 0) is 59.5 Å². The summed E-state index contributed by atoms with van der Waals surface area (Å²) in [6.07, 6.45) is 3.47. The second kappa shape index (κ2) is 8.79. The number of nitrogens with zero attached hydrogens (tertiary/aromatic N) is 3. The molecule has 1 N–H and O–H groups in total. The van der Waals surface area contributed by atoms with E-state index in [4.69, 9.17) is 28.3 Å². The van der Waals surface area contributed by atoms with Gasteiger partial charge in [-0.25, -0.2) is 4.59 Å². The van der Waals surface area contributed by atoms with E-state index in [1.54, 1.807) is 23.5 Å². The molecule has 30 heavy (non-hydrogen) atoms. The number of hydrogen-bond donors (Lipinski definition) is 1. The second-order valence-corrected chi connectivity index (χ2v) is 10.9. The lowest BCUT2D eigenvalue weighted by Gasteiger charge is -2.36. The number of thiophene rings is 1. The molecule has 0 bridgehead atoms. The summed E-state index contributed by atoms with van der Waals surface area (Å²) >= 11 is 17.8. The van der Waals surface area contributed by atoms with Gasteiger partial charge in [0.2, 0.25) is 0 Å². The third-order valence-electron chi connectivity index (χ3n) is 5.83. The van der Waals surface area contributed by atoms with E-state index in [9.17, 15) is 4.79 Å². The molecular formula is C21H24BrCl2N4OS+. The average Bonchev–Trinajstić information content (AvgIpc) is 3.25. The Hall–Kier alpha value is -1.12. The summed E-state index contributed by atoms with van der Waals surface area (Å²) in [5, 5.41) is 9.77. The van der Waals surface area contributed by atoms with Gasteiger partial charge in [0.1, 0.15) is 18.8 Å². The number of hydrazone groups is 1. The number of nitrogens with one attached hydrogen (secondary N) is 1. The number of rotatable bonds is 4. The molecule has 0 aliphatic carbocycles. The van der Waals surface area contributed by atoms with Gasteiger partial charge in [-0.2, -0.15) is 10.5 Å². The summed E-state index contributed by atoms with van der Waals surface area (Å²) in [6.45, 7) is 3.94. The van der Waals surface area contributed by atoms with Crippen LogP contribution in [0.15, 0.2) is 39.2 Å². The van der Waals surface area contributed by atoms with Crippen LogP contribution in [-0.2, 0) is 4.79 Å². The highest BCUT2D eigenvalue weighted by Gasteiger charge is 2.42. The lowest BCUT2D eigenvalue weighted by Crippen LogP contribution is -2.61. The summed E-state index contributed by atoms with van der Waals surface area (Å²) in [5.41, 5.74) is 4.49. The van der Waals surface area contributed by atoms with E-state index in [1.165, 1.54) is 6.42 Å². The molecule has 0 spiro atoms. The fourth-order valence-corrected chi connectivity index (χ4v) is 6.36. The molecule has 1 fully saturated rings. The van der Waals surface area contributed by atoms with Crippen LogP contribution in [0.5, 0.6) is 0 Å². The van der Waals surface area contributed by atoms with Crippen LogP contribution >= 0.6 is 50.5 Å². The quantitative estimate of drug-likeness (QED) is 0.490. The predicted octanol–water partition coefficient (Wildman–Crippen LogP) is 6.03. The molecule has 0 unspecified atom stereocenters. The number of quaternary nitrogens is 1. The van der Waals surface area contributed by atoms with E-state index in [0.29, 0.717) is 20.3 Å². The minimum atomic E-state index is -0.118. The zero-order valence-electron chi connectivity index (χ0n) is 16.9. The van der Waals surface area contributed by atoms with Crippen LogP contribution in [0.25, 0.3) is 0 Å². The Bertz CT molecular complexity index is 989. The monoisotopic (exact) mass is 529 g/mol. The van der Waals surface area contributed by atoms with Gasteiger partial charge in [-0.15, -0.1) is 11.3 Å². The molecule has 1 amide bonds. The fourth-order valence-electron chi connectivity index (χ4n) is 4.23. The maximum atomic E-state index is 13.3. The van der Waals surface area contributed by atoms with E-state index in [-0.39, 0.29) is 17.9 Å². The van der Waals surface area contributed by atoms with Crippen LogP contribution in [0.1, 0.15) is 37.1 Å². The van der Waals surface area contributed by atoms with Crippen LogP contribution < -0.4 is 10.4 Å². The van der Waals surface area contributed by atoms with E-state index < -0.39 is 0 Å². The molecule has 2 atom stereocenters. The Balaban J connectivity index is 1.69. The number of halogens is 3. The molecule has 2 aliphatic heterocycles. The Morgan fingerprint density at radius 1 is 1.27 bits per heavy atom. The molecule has 3 heterocycles. The van der Waals surface area contributed by atoms with E-state index in [1.807, 2.05) is 16.5 Å². The van der Waals surface area contributed by atoms with E-state index in [2.05, 4.69) is 41.4 Å². The third-order valence-corrected chi connectivity index (χ3v) is 8.13. The van der Waals surface area contributed by atoms with Crippen LogP contribution in [0.4, 0.5) is 5.69 Å². The number of amides is 1. The summed E-state index contributed by atoms with van der Waals surface area (Å²) in [4.78, 5) is 14.4. The van der Waals surface area contributed by atoms with Crippen molar-refractivity contribution < 1.29 is 9.39 Å². The molecule has 4 rings (SSSR count). The van der Waals surface area contributed by atoms with Crippen molar-refractivity contribution in [1.82, 2.24) is 5.43 Å². The number of piperidine rings is 1. The molecule has 160 valence electrons. The number of hydrogen-bond acceptors (Lipinski definition) is 4. The minimum absolute atomic E-state index is 0.0984. The zero-order valence-corrected chi connectivity index (χ0v) is 20.8. The highest BCUT2D eigenvalue weighted by molar-refractivity contribution is 9.10. The minimum Gasteiger partial charge on any atom is -0.263 e. The molecule has 5 nitrogen and oxygen atoms in total. The number of anilines is 1. The Labute approximate surface area is 199 Å². The number of benzene rings is 1. The van der Waals surface area contributed by atoms with E-state index in [0.717, 1.165) is 41.0 Å². The van der Waals surface area contributed by atoms with Crippen LogP contribution in [0, 0.1) is 5.92 Å². The van der Waals surface area contributed by atoms with E-state index >= 15 is 0 Å². The highest BCUT2D eigenvalue weighted by Crippen LogP contribution is 2.44. The summed E-state index contributed by atoms with van der Waals surface area (Å²) in [7, 11) is 2.08. The first-order chi connectivity index (χ1) is 14.3. The van der Waals surface area contributed by atoms with Crippen LogP contribution in [0.3, 0.4) is 0 Å². The first kappa shape index (κ1) is 22.1. The standard InChI is InChI=1S/C21H23BrCl2N4OS/c1-13-19(21(29)26-28(2)8-4-3-5-9-28)25-27(17-7-6-15(23)11-16(17)24)20(13)18-10-14(22)12-30-18/h6-7,10-13,20H,3-5,8-9H2,1-2H3/p+1/t13-,20+/m1/s1. The van der Waals surface area contributed by atoms with Gasteiger partial charge >= 0.3 is 5.91 Å². The van der Waals surface area contributed by atoms with Crippen molar-refractivity contribution in [2.24, 2.45) is 11.0 Å². The topological polar surface area (TPSA) is 44.7 Å². The first-order valence-electron chi connectivity index (χ1n) is 10.0. The van der Waals surface area contributed by atoms with Crippen LogP contribution in [-0.4, -0.2) is 36.3 Å². The van der Waals surface area contributed by atoms with Crippen LogP contribution in [0.2, 0.25) is 10.0 Å². The maximum absolute atomic E-state index is 13.3. The SMILES string of the molecule is C[C@@H]1C(C(=O)N[N+]2(C)CCCCC2)=NN(c2ccc(Cl)cc2Cl)[C@@H]1c1cc(Br)cs1. The summed E-state index contributed by atoms with van der Waals surface area (Å²) < 4.78 is 1.57. The molecule has 0 saturated carbocycles. The normalized spacial score (nSPS) is 23.4. The molecular weight excluding hydrogens is 507 g/mol. The van der Waals surface area contributed by atoms with Gasteiger partial charge in [0.05, 0.1) is 23.8 Å². The predicted molar refractivity (Wildman–Crippen MR) is 128 cm³/mol. The Morgan fingerprint density at radius 2 is 2.00 bits per heavy atom. The molecule has 1 aromatic heterocycles. The fraction of sp³-hybridized carbons (Fsp3) is 0.429. The number of carbonyl (C=O) groups is 1. The maximum Gasteiger partial charge on any atom is 0.312 e. The number of carbonyl (C=O) groups excluding carboxylic acids is 1. The van der Waals surface area contributed by atoms with Gasteiger partial charge in [0.25, 0.3) is 0 Å². The average molecular weight is 531 g/mol. The van der Waals surface area contributed by atoms with Gasteiger partial charge in [-0.1, -0.05) is 30.1 Å². The molecule has 2 aliphatic rings. The molecule has 1 saturated heterocycles. The smallest absolute Gasteiger partial charge is 0.263 e. The second-order valence-electron chi connectivity index (χ2n) is 8.17. The lowest BCUT2D eigenvalue weighted by atomic mass is 9.95. The molecule has 0 radical (unpaired) electrons. The van der Waals surface area contributed by atoms with Crippen molar-refractivity contribution >= 4 is 67.8 Å². The van der Waals surface area contributed by atoms with Crippen molar-refractivity contribution in [3.63, 3.8) is 0 Å². The molecule has 1 aromatic carbocycles. The summed E-state index contributed by atoms with van der Waals surface area (Å²) in [6, 6.07) is 7.32. The van der Waals surface area contributed by atoms with Crippen molar-refractivity contribution in [3.05, 3.63) is 49.0 Å². The van der Waals surface area contributed by atoms with Gasteiger partial charge < -0.3 is 0 Å².